The Bertz CT molecular complexity index is 684. The van der Waals surface area contributed by atoms with Gasteiger partial charge in [0.2, 0.25) is 5.91 Å². The van der Waals surface area contributed by atoms with Crippen molar-refractivity contribution in [2.75, 3.05) is 26.8 Å². The maximum atomic E-state index is 12.7. The Labute approximate surface area is 155 Å². The van der Waals surface area contributed by atoms with E-state index >= 15 is 0 Å². The second-order valence-corrected chi connectivity index (χ2v) is 6.76. The highest BCUT2D eigenvalue weighted by Gasteiger charge is 2.28. The summed E-state index contributed by atoms with van der Waals surface area (Å²) in [6, 6.07) is 18.2. The number of ether oxygens (including phenoxy) is 2. The lowest BCUT2D eigenvalue weighted by molar-refractivity contribution is -0.141. The molecule has 0 unspecified atom stereocenters. The van der Waals surface area contributed by atoms with Crippen LogP contribution in [-0.2, 0) is 22.6 Å². The van der Waals surface area contributed by atoms with Crippen LogP contribution in [0.4, 0.5) is 0 Å². The van der Waals surface area contributed by atoms with Crippen LogP contribution < -0.4 is 4.74 Å². The molecule has 1 amide bonds. The normalized spacial score (nSPS) is 17.3. The van der Waals surface area contributed by atoms with Crippen molar-refractivity contribution < 1.29 is 14.3 Å². The van der Waals surface area contributed by atoms with E-state index in [-0.39, 0.29) is 11.8 Å². The van der Waals surface area contributed by atoms with Gasteiger partial charge in [-0.2, -0.15) is 0 Å². The van der Waals surface area contributed by atoms with Crippen LogP contribution >= 0.6 is 0 Å². The molecular weight excluding hydrogens is 326 g/mol. The smallest absolute Gasteiger partial charge is 0.228 e. The Morgan fingerprint density at radius 1 is 1.04 bits per heavy atom. The molecule has 0 bridgehead atoms. The first kappa shape index (κ1) is 18.5. The number of piperidine rings is 1. The Hall–Kier alpha value is -2.33. The lowest BCUT2D eigenvalue weighted by atomic mass is 9.97. The average Bonchev–Trinajstić information content (AvgIpc) is 2.69. The zero-order valence-corrected chi connectivity index (χ0v) is 15.4. The fourth-order valence-corrected chi connectivity index (χ4v) is 3.35. The summed E-state index contributed by atoms with van der Waals surface area (Å²) in [5, 5.41) is 0. The van der Waals surface area contributed by atoms with Crippen molar-refractivity contribution in [2.45, 2.75) is 25.9 Å². The van der Waals surface area contributed by atoms with Gasteiger partial charge in [-0.05, 0) is 42.5 Å². The number of amides is 1. The Balaban J connectivity index is 1.45. The first-order valence-corrected chi connectivity index (χ1v) is 9.29. The van der Waals surface area contributed by atoms with E-state index in [1.165, 1.54) is 5.56 Å². The molecule has 138 valence electrons. The van der Waals surface area contributed by atoms with Gasteiger partial charge in [-0.15, -0.1) is 0 Å². The first-order valence-electron chi connectivity index (χ1n) is 9.29. The number of likely N-dealkylation sites (tertiary alicyclic amines) is 1. The summed E-state index contributed by atoms with van der Waals surface area (Å²) < 4.78 is 11.0. The standard InChI is InChI=1S/C22H27NO3/c1-25-21-11-9-18(10-12-21)13-15-23-14-5-8-20(22(23)24)17-26-16-19-6-3-2-4-7-19/h2-4,6-7,9-12,20H,5,8,13-17H2,1H3/t20-/m1/s1. The van der Waals surface area contributed by atoms with Crippen LogP contribution in [0.1, 0.15) is 24.0 Å². The minimum Gasteiger partial charge on any atom is -0.497 e. The molecule has 1 saturated heterocycles. The monoisotopic (exact) mass is 353 g/mol. The SMILES string of the molecule is COc1ccc(CCN2CCC[C@H](COCc3ccccc3)C2=O)cc1. The second kappa shape index (κ2) is 9.39. The van der Waals surface area contributed by atoms with Crippen LogP contribution in [0.25, 0.3) is 0 Å². The van der Waals surface area contributed by atoms with Gasteiger partial charge in [0.1, 0.15) is 5.75 Å². The molecule has 1 fully saturated rings. The lowest BCUT2D eigenvalue weighted by Gasteiger charge is -2.32. The van der Waals surface area contributed by atoms with Gasteiger partial charge in [0, 0.05) is 13.1 Å². The van der Waals surface area contributed by atoms with Crippen molar-refractivity contribution in [3.8, 4) is 5.75 Å². The topological polar surface area (TPSA) is 38.8 Å². The highest BCUT2D eigenvalue weighted by Crippen LogP contribution is 2.20. The van der Waals surface area contributed by atoms with Crippen LogP contribution in [0, 0.1) is 5.92 Å². The molecule has 1 heterocycles. The largest absolute Gasteiger partial charge is 0.497 e. The molecule has 1 atom stereocenters. The van der Waals surface area contributed by atoms with Crippen molar-refractivity contribution >= 4 is 5.91 Å². The summed E-state index contributed by atoms with van der Waals surface area (Å²) in [4.78, 5) is 14.7. The summed E-state index contributed by atoms with van der Waals surface area (Å²) in [7, 11) is 1.67. The molecule has 4 nitrogen and oxygen atoms in total. The highest BCUT2D eigenvalue weighted by molar-refractivity contribution is 5.79. The van der Waals surface area contributed by atoms with Crippen LogP contribution in [0.2, 0.25) is 0 Å². The summed E-state index contributed by atoms with van der Waals surface area (Å²) >= 11 is 0. The molecular formula is C22H27NO3. The van der Waals surface area contributed by atoms with Gasteiger partial charge in [-0.3, -0.25) is 4.79 Å². The van der Waals surface area contributed by atoms with Gasteiger partial charge >= 0.3 is 0 Å². The van der Waals surface area contributed by atoms with Crippen molar-refractivity contribution in [1.82, 2.24) is 4.90 Å². The number of hydrogen-bond donors (Lipinski definition) is 0. The number of hydrogen-bond acceptors (Lipinski definition) is 3. The number of methoxy groups -OCH3 is 1. The van der Waals surface area contributed by atoms with E-state index in [4.69, 9.17) is 9.47 Å². The molecule has 1 aliphatic rings. The minimum absolute atomic E-state index is 0.0108. The second-order valence-electron chi connectivity index (χ2n) is 6.76. The molecule has 26 heavy (non-hydrogen) atoms. The molecule has 0 saturated carbocycles. The highest BCUT2D eigenvalue weighted by atomic mass is 16.5. The Morgan fingerprint density at radius 2 is 1.81 bits per heavy atom. The van der Waals surface area contributed by atoms with Crippen LogP contribution in [0.15, 0.2) is 54.6 Å². The molecule has 2 aromatic carbocycles. The molecule has 1 aliphatic heterocycles. The van der Waals surface area contributed by atoms with Gasteiger partial charge in [0.25, 0.3) is 0 Å². The van der Waals surface area contributed by atoms with Crippen LogP contribution in [0.3, 0.4) is 0 Å². The van der Waals surface area contributed by atoms with Gasteiger partial charge in [0.05, 0.1) is 26.2 Å². The molecule has 2 aromatic rings. The number of rotatable bonds is 8. The summed E-state index contributed by atoms with van der Waals surface area (Å²) in [5.41, 5.74) is 2.37. The maximum Gasteiger partial charge on any atom is 0.228 e. The van der Waals surface area contributed by atoms with Crippen molar-refractivity contribution in [3.05, 3.63) is 65.7 Å². The Morgan fingerprint density at radius 3 is 2.54 bits per heavy atom. The third-order valence-electron chi connectivity index (χ3n) is 4.90. The van der Waals surface area contributed by atoms with E-state index in [1.54, 1.807) is 7.11 Å². The predicted molar refractivity (Wildman–Crippen MR) is 102 cm³/mol. The lowest BCUT2D eigenvalue weighted by Crippen LogP contribution is -2.43. The quantitative estimate of drug-likeness (QED) is 0.726. The van der Waals surface area contributed by atoms with E-state index in [1.807, 2.05) is 47.4 Å². The molecule has 0 spiro atoms. The molecule has 0 aliphatic carbocycles. The molecule has 0 N–H and O–H groups in total. The van der Waals surface area contributed by atoms with Crippen molar-refractivity contribution in [2.24, 2.45) is 5.92 Å². The van der Waals surface area contributed by atoms with Gasteiger partial charge in [0.15, 0.2) is 0 Å². The summed E-state index contributed by atoms with van der Waals surface area (Å²) in [5.74, 6) is 1.08. The number of nitrogens with zero attached hydrogens (tertiary/aromatic N) is 1. The first-order chi connectivity index (χ1) is 12.8. The van der Waals surface area contributed by atoms with E-state index in [2.05, 4.69) is 12.1 Å². The molecule has 3 rings (SSSR count). The molecule has 0 aromatic heterocycles. The van der Waals surface area contributed by atoms with Crippen molar-refractivity contribution in [1.29, 1.82) is 0 Å². The maximum absolute atomic E-state index is 12.7. The predicted octanol–water partition coefficient (Wildman–Crippen LogP) is 3.69. The zero-order valence-electron chi connectivity index (χ0n) is 15.4. The van der Waals surface area contributed by atoms with E-state index < -0.39 is 0 Å². The van der Waals surface area contributed by atoms with Gasteiger partial charge in [-0.25, -0.2) is 0 Å². The zero-order chi connectivity index (χ0) is 18.2. The van der Waals surface area contributed by atoms with Crippen LogP contribution in [0.5, 0.6) is 5.75 Å². The third-order valence-corrected chi connectivity index (χ3v) is 4.90. The van der Waals surface area contributed by atoms with Gasteiger partial charge < -0.3 is 14.4 Å². The fraction of sp³-hybridized carbons (Fsp3) is 0.409. The Kier molecular flexibility index (Phi) is 6.67. The van der Waals surface area contributed by atoms with E-state index in [9.17, 15) is 4.79 Å². The average molecular weight is 353 g/mol. The molecule has 4 heteroatoms. The van der Waals surface area contributed by atoms with Crippen LogP contribution in [-0.4, -0.2) is 37.6 Å². The van der Waals surface area contributed by atoms with E-state index in [0.29, 0.717) is 13.2 Å². The molecule has 0 radical (unpaired) electrons. The summed E-state index contributed by atoms with van der Waals surface area (Å²) in [6.07, 6.45) is 2.84. The van der Waals surface area contributed by atoms with Gasteiger partial charge in [-0.1, -0.05) is 42.5 Å². The van der Waals surface area contributed by atoms with E-state index in [0.717, 1.165) is 43.7 Å². The third kappa shape index (κ3) is 5.09. The number of carbonyl (C=O) groups is 1. The number of benzene rings is 2. The minimum atomic E-state index is -0.0108. The number of carbonyl (C=O) groups excluding carboxylic acids is 1. The summed E-state index contributed by atoms with van der Waals surface area (Å²) in [6.45, 7) is 2.69. The van der Waals surface area contributed by atoms with Crippen molar-refractivity contribution in [3.63, 3.8) is 0 Å². The fourth-order valence-electron chi connectivity index (χ4n) is 3.35.